The van der Waals surface area contributed by atoms with Crippen LogP contribution >= 0.6 is 0 Å². The molecular formula is C21H23N3O4S. The summed E-state index contributed by atoms with van der Waals surface area (Å²) < 4.78 is 34.8. The van der Waals surface area contributed by atoms with Crippen LogP contribution in [0.1, 0.15) is 17.2 Å². The van der Waals surface area contributed by atoms with Crippen molar-refractivity contribution in [3.8, 4) is 11.5 Å². The van der Waals surface area contributed by atoms with Crippen LogP contribution in [0.25, 0.3) is 10.9 Å². The van der Waals surface area contributed by atoms with E-state index in [0.717, 1.165) is 33.5 Å². The second-order valence-electron chi connectivity index (χ2n) is 7.17. The molecule has 0 amide bonds. The highest BCUT2D eigenvalue weighted by molar-refractivity contribution is 7.90. The third-order valence-electron chi connectivity index (χ3n) is 5.02. The predicted molar refractivity (Wildman–Crippen MR) is 114 cm³/mol. The number of nitrogens with two attached hydrogens (primary N) is 1. The van der Waals surface area contributed by atoms with Crippen molar-refractivity contribution in [2.45, 2.75) is 12.5 Å². The van der Waals surface area contributed by atoms with Gasteiger partial charge in [0.05, 0.1) is 30.0 Å². The molecule has 1 aliphatic rings. The number of pyridine rings is 1. The zero-order valence-corrected chi connectivity index (χ0v) is 17.1. The maximum atomic E-state index is 11.7. The van der Waals surface area contributed by atoms with Crippen molar-refractivity contribution >= 4 is 32.2 Å². The van der Waals surface area contributed by atoms with Gasteiger partial charge in [-0.15, -0.1) is 0 Å². The van der Waals surface area contributed by atoms with Crippen molar-refractivity contribution in [1.82, 2.24) is 4.98 Å². The molecule has 0 bridgehead atoms. The largest absolute Gasteiger partial charge is 0.496 e. The van der Waals surface area contributed by atoms with Crippen LogP contribution in [0.3, 0.4) is 0 Å². The zero-order valence-electron chi connectivity index (χ0n) is 16.3. The molecule has 0 radical (unpaired) electrons. The summed E-state index contributed by atoms with van der Waals surface area (Å²) in [5, 5.41) is 4.24. The van der Waals surface area contributed by atoms with Gasteiger partial charge in [0.2, 0.25) is 0 Å². The highest BCUT2D eigenvalue weighted by atomic mass is 32.2. The van der Waals surface area contributed by atoms with Gasteiger partial charge in [0.15, 0.2) is 0 Å². The number of fused-ring (bicyclic) bond motifs is 2. The van der Waals surface area contributed by atoms with Gasteiger partial charge in [-0.3, -0.25) is 0 Å². The first-order chi connectivity index (χ1) is 13.9. The van der Waals surface area contributed by atoms with E-state index in [1.807, 2.05) is 42.5 Å². The minimum Gasteiger partial charge on any atom is -0.496 e. The molecule has 3 aromatic rings. The lowest BCUT2D eigenvalue weighted by Crippen LogP contribution is -2.16. The molecule has 3 N–H and O–H groups in total. The number of hydrogen-bond acceptors (Lipinski definition) is 7. The summed E-state index contributed by atoms with van der Waals surface area (Å²) in [4.78, 5) is 4.75. The number of nitrogen functional groups attached to an aromatic ring is 1. The number of rotatable bonds is 6. The highest BCUT2D eigenvalue weighted by Crippen LogP contribution is 2.41. The molecule has 7 nitrogen and oxygen atoms in total. The van der Waals surface area contributed by atoms with Gasteiger partial charge in [-0.05, 0) is 42.3 Å². The summed E-state index contributed by atoms with van der Waals surface area (Å²) in [5.41, 5.74) is 9.19. The third kappa shape index (κ3) is 3.93. The molecule has 2 aromatic carbocycles. The molecule has 1 unspecified atom stereocenters. The number of hydrogen-bond donors (Lipinski definition) is 2. The van der Waals surface area contributed by atoms with Crippen LogP contribution < -0.4 is 20.5 Å². The van der Waals surface area contributed by atoms with Gasteiger partial charge in [-0.1, -0.05) is 12.1 Å². The number of benzene rings is 2. The van der Waals surface area contributed by atoms with Crippen molar-refractivity contribution in [2.75, 3.05) is 36.8 Å². The molecule has 0 aliphatic carbocycles. The van der Waals surface area contributed by atoms with E-state index >= 15 is 0 Å². The Morgan fingerprint density at radius 2 is 2.07 bits per heavy atom. The number of ether oxygens (including phenoxy) is 2. The van der Waals surface area contributed by atoms with Crippen molar-refractivity contribution in [3.63, 3.8) is 0 Å². The molecule has 2 heterocycles. The summed E-state index contributed by atoms with van der Waals surface area (Å²) >= 11 is 0. The Morgan fingerprint density at radius 3 is 2.83 bits per heavy atom. The van der Waals surface area contributed by atoms with E-state index in [9.17, 15) is 8.42 Å². The molecule has 0 spiro atoms. The van der Waals surface area contributed by atoms with Crippen molar-refractivity contribution in [1.29, 1.82) is 0 Å². The summed E-state index contributed by atoms with van der Waals surface area (Å²) in [5.74, 6) is 2.16. The molecule has 8 heteroatoms. The Hall–Kier alpha value is -3.00. The third-order valence-corrected chi connectivity index (χ3v) is 5.97. The monoisotopic (exact) mass is 413 g/mol. The average molecular weight is 413 g/mol. The Bertz CT molecular complexity index is 1180. The van der Waals surface area contributed by atoms with Crippen LogP contribution in [-0.2, 0) is 16.3 Å². The Morgan fingerprint density at radius 1 is 1.28 bits per heavy atom. The molecule has 0 saturated carbocycles. The van der Waals surface area contributed by atoms with Crippen LogP contribution in [0.5, 0.6) is 11.5 Å². The quantitative estimate of drug-likeness (QED) is 0.599. The molecular weight excluding hydrogens is 390 g/mol. The first kappa shape index (κ1) is 19.3. The molecule has 29 heavy (non-hydrogen) atoms. The standard InChI is InChI=1S/C21H23N3O4S/c1-27-18-7-4-8-19-20(18)17(12-28-19)24-21-13(9-10-29(2,25)26)11-14-15(22)5-3-6-16(14)23-21/h3-8,11,17H,9-10,12,22H2,1-2H3,(H,23,24). The van der Waals surface area contributed by atoms with Crippen LogP contribution in [0, 0.1) is 0 Å². The lowest BCUT2D eigenvalue weighted by atomic mass is 10.1. The summed E-state index contributed by atoms with van der Waals surface area (Å²) in [6.07, 6.45) is 1.57. The van der Waals surface area contributed by atoms with Gasteiger partial charge in [-0.2, -0.15) is 0 Å². The predicted octanol–water partition coefficient (Wildman–Crippen LogP) is 2.96. The van der Waals surface area contributed by atoms with Gasteiger partial charge < -0.3 is 20.5 Å². The van der Waals surface area contributed by atoms with E-state index in [0.29, 0.717) is 24.5 Å². The van der Waals surface area contributed by atoms with Crippen LogP contribution in [0.2, 0.25) is 0 Å². The summed E-state index contributed by atoms with van der Waals surface area (Å²) in [6.45, 7) is 0.428. The lowest BCUT2D eigenvalue weighted by Gasteiger charge is -2.18. The van der Waals surface area contributed by atoms with Gasteiger partial charge in [-0.25, -0.2) is 13.4 Å². The van der Waals surface area contributed by atoms with Gasteiger partial charge in [0.25, 0.3) is 0 Å². The zero-order chi connectivity index (χ0) is 20.6. The first-order valence-electron chi connectivity index (χ1n) is 9.28. The molecule has 152 valence electrons. The van der Waals surface area contributed by atoms with Crippen LogP contribution in [-0.4, -0.2) is 39.1 Å². The molecule has 0 saturated heterocycles. The molecule has 0 fully saturated rings. The molecule has 1 aliphatic heterocycles. The normalized spacial score (nSPS) is 15.7. The number of sulfone groups is 1. The highest BCUT2D eigenvalue weighted by Gasteiger charge is 2.29. The lowest BCUT2D eigenvalue weighted by molar-refractivity contribution is 0.339. The van der Waals surface area contributed by atoms with E-state index in [2.05, 4.69) is 5.32 Å². The fraction of sp³-hybridized carbons (Fsp3) is 0.286. The van der Waals surface area contributed by atoms with E-state index in [4.69, 9.17) is 20.2 Å². The van der Waals surface area contributed by atoms with E-state index in [1.165, 1.54) is 6.26 Å². The number of aryl methyl sites for hydroxylation is 1. The number of anilines is 2. The average Bonchev–Trinajstić information content (AvgIpc) is 3.09. The fourth-order valence-corrected chi connectivity index (χ4v) is 4.17. The topological polar surface area (TPSA) is 104 Å². The number of aromatic nitrogens is 1. The second kappa shape index (κ2) is 7.44. The SMILES string of the molecule is COc1cccc2c1C(Nc1nc3cccc(N)c3cc1CCS(C)(=O)=O)CO2. The maximum Gasteiger partial charge on any atom is 0.147 e. The number of methoxy groups -OCH3 is 1. The van der Waals surface area contributed by atoms with Gasteiger partial charge in [0.1, 0.15) is 33.8 Å². The molecule has 4 rings (SSSR count). The van der Waals surface area contributed by atoms with Crippen molar-refractivity contribution in [3.05, 3.63) is 53.6 Å². The maximum absolute atomic E-state index is 11.7. The Kier molecular flexibility index (Phi) is 4.96. The van der Waals surface area contributed by atoms with Gasteiger partial charge >= 0.3 is 0 Å². The van der Waals surface area contributed by atoms with Crippen molar-refractivity contribution < 1.29 is 17.9 Å². The fourth-order valence-electron chi connectivity index (χ4n) is 3.58. The molecule has 1 aromatic heterocycles. The Labute approximate surface area is 169 Å². The smallest absolute Gasteiger partial charge is 0.147 e. The summed E-state index contributed by atoms with van der Waals surface area (Å²) in [7, 11) is -1.50. The Balaban J connectivity index is 1.75. The van der Waals surface area contributed by atoms with Crippen LogP contribution in [0.15, 0.2) is 42.5 Å². The number of nitrogens with one attached hydrogen (secondary N) is 1. The van der Waals surface area contributed by atoms with E-state index < -0.39 is 9.84 Å². The second-order valence-corrected chi connectivity index (χ2v) is 9.43. The first-order valence-corrected chi connectivity index (χ1v) is 11.3. The van der Waals surface area contributed by atoms with Crippen LogP contribution in [0.4, 0.5) is 11.5 Å². The van der Waals surface area contributed by atoms with E-state index in [-0.39, 0.29) is 11.8 Å². The minimum absolute atomic E-state index is 0.0304. The summed E-state index contributed by atoms with van der Waals surface area (Å²) in [6, 6.07) is 13.0. The molecule has 1 atom stereocenters. The van der Waals surface area contributed by atoms with Gasteiger partial charge in [0, 0.05) is 17.3 Å². The minimum atomic E-state index is -3.12. The van der Waals surface area contributed by atoms with Crippen molar-refractivity contribution in [2.24, 2.45) is 0 Å². The van der Waals surface area contributed by atoms with E-state index in [1.54, 1.807) is 7.11 Å². The number of nitrogens with zero attached hydrogens (tertiary/aromatic N) is 1.